The van der Waals surface area contributed by atoms with Gasteiger partial charge < -0.3 is 9.64 Å². The molecule has 0 radical (unpaired) electrons. The fraction of sp³-hybridized carbons (Fsp3) is 0.238. The molecule has 4 rings (SSSR count). The van der Waals surface area contributed by atoms with Crippen molar-refractivity contribution in [2.45, 2.75) is 12.3 Å². The maximum Gasteiger partial charge on any atom is 0.229 e. The number of halogens is 1. The average molecular weight is 456 g/mol. The lowest BCUT2D eigenvalue weighted by atomic mass is 9.86. The Kier molecular flexibility index (Phi) is 5.33. The number of ether oxygens (including phenoxy) is 1. The Morgan fingerprint density at radius 2 is 1.96 bits per heavy atom. The number of thioether (sulfide) groups is 1. The van der Waals surface area contributed by atoms with E-state index in [4.69, 9.17) is 4.74 Å². The molecule has 0 aliphatic carbocycles. The quantitative estimate of drug-likeness (QED) is 0.672. The minimum Gasteiger partial charge on any atom is -0.496 e. The second-order valence-electron chi connectivity index (χ2n) is 6.58. The molecule has 7 heteroatoms. The summed E-state index contributed by atoms with van der Waals surface area (Å²) in [4.78, 5) is 16.9. The molecule has 2 heterocycles. The maximum absolute atomic E-state index is 13.0. The van der Waals surface area contributed by atoms with Gasteiger partial charge in [0.15, 0.2) is 0 Å². The molecule has 0 saturated carbocycles. The normalized spacial score (nSPS) is 19.3. The van der Waals surface area contributed by atoms with Crippen molar-refractivity contribution in [3.05, 3.63) is 69.2 Å². The second kappa shape index (κ2) is 7.90. The zero-order valence-corrected chi connectivity index (χ0v) is 17.7. The van der Waals surface area contributed by atoms with E-state index in [0.29, 0.717) is 23.9 Å². The van der Waals surface area contributed by atoms with Gasteiger partial charge in [0.05, 0.1) is 36.3 Å². The van der Waals surface area contributed by atoms with E-state index >= 15 is 0 Å². The summed E-state index contributed by atoms with van der Waals surface area (Å²) in [7, 11) is 1.61. The molecule has 28 heavy (non-hydrogen) atoms. The van der Waals surface area contributed by atoms with E-state index in [1.165, 1.54) is 11.8 Å². The van der Waals surface area contributed by atoms with E-state index < -0.39 is 0 Å². The Bertz CT molecular complexity index is 984. The van der Waals surface area contributed by atoms with Crippen LogP contribution in [0.4, 0.5) is 5.69 Å². The van der Waals surface area contributed by atoms with Crippen LogP contribution in [0.15, 0.2) is 63.6 Å². The Balaban J connectivity index is 1.68. The molecule has 1 unspecified atom stereocenters. The third-order valence-corrected chi connectivity index (χ3v) is 6.68. The van der Waals surface area contributed by atoms with Gasteiger partial charge >= 0.3 is 0 Å². The number of fused-ring (bicyclic) bond motifs is 1. The van der Waals surface area contributed by atoms with E-state index in [-0.39, 0.29) is 18.2 Å². The molecule has 1 amide bonds. The van der Waals surface area contributed by atoms with Gasteiger partial charge in [-0.1, -0.05) is 45.9 Å². The molecule has 0 spiro atoms. The molecular formula is C21H18BrN3O2S. The Labute approximate surface area is 176 Å². The first-order valence-corrected chi connectivity index (χ1v) is 10.6. The summed E-state index contributed by atoms with van der Waals surface area (Å²) >= 11 is 4.99. The van der Waals surface area contributed by atoms with Gasteiger partial charge in [-0.05, 0) is 30.3 Å². The maximum atomic E-state index is 13.0. The molecule has 1 saturated heterocycles. The van der Waals surface area contributed by atoms with Gasteiger partial charge in [0.2, 0.25) is 5.91 Å². The predicted octanol–water partition coefficient (Wildman–Crippen LogP) is 4.68. The van der Waals surface area contributed by atoms with Crippen LogP contribution in [-0.4, -0.2) is 30.5 Å². The minimum absolute atomic E-state index is 0.0271. The number of para-hydroxylation sites is 1. The van der Waals surface area contributed by atoms with Crippen LogP contribution in [0.2, 0.25) is 0 Å². The molecular weight excluding hydrogens is 438 g/mol. The van der Waals surface area contributed by atoms with Crippen LogP contribution in [0, 0.1) is 11.3 Å². The number of hydrogen-bond acceptors (Lipinski definition) is 5. The summed E-state index contributed by atoms with van der Waals surface area (Å²) in [6.07, 6.45) is 0.265. The third kappa shape index (κ3) is 3.38. The number of rotatable bonds is 3. The number of carbonyl (C=O) groups is 1. The lowest BCUT2D eigenvalue weighted by molar-refractivity contribution is -0.129. The molecule has 2 aliphatic rings. The molecule has 0 bridgehead atoms. The van der Waals surface area contributed by atoms with Gasteiger partial charge in [-0.15, -0.1) is 0 Å². The summed E-state index contributed by atoms with van der Waals surface area (Å²) in [6.45, 7) is 0.451. The van der Waals surface area contributed by atoms with Gasteiger partial charge in [-0.25, -0.2) is 0 Å². The largest absolute Gasteiger partial charge is 0.496 e. The van der Waals surface area contributed by atoms with Crippen LogP contribution in [0.1, 0.15) is 17.9 Å². The van der Waals surface area contributed by atoms with Crippen LogP contribution in [0.3, 0.4) is 0 Å². The third-order valence-electron chi connectivity index (χ3n) is 5.00. The van der Waals surface area contributed by atoms with Crippen LogP contribution in [0.5, 0.6) is 5.75 Å². The van der Waals surface area contributed by atoms with Crippen molar-refractivity contribution in [3.8, 4) is 11.8 Å². The summed E-state index contributed by atoms with van der Waals surface area (Å²) in [5, 5.41) is 10.7. The fourth-order valence-electron chi connectivity index (χ4n) is 3.60. The van der Waals surface area contributed by atoms with E-state index in [1.54, 1.807) is 12.0 Å². The predicted molar refractivity (Wildman–Crippen MR) is 114 cm³/mol. The lowest BCUT2D eigenvalue weighted by Gasteiger charge is -2.42. The number of carbonyl (C=O) groups excluding carboxylic acids is 1. The summed E-state index contributed by atoms with van der Waals surface area (Å²) < 4.78 is 6.49. The van der Waals surface area contributed by atoms with E-state index in [2.05, 4.69) is 26.9 Å². The highest BCUT2D eigenvalue weighted by Crippen LogP contribution is 2.45. The first-order chi connectivity index (χ1) is 13.6. The van der Waals surface area contributed by atoms with Gasteiger partial charge in [-0.2, -0.15) is 5.26 Å². The van der Waals surface area contributed by atoms with E-state index in [0.717, 1.165) is 20.8 Å². The highest BCUT2D eigenvalue weighted by Gasteiger charge is 2.39. The van der Waals surface area contributed by atoms with Crippen molar-refractivity contribution in [1.82, 2.24) is 4.90 Å². The number of amides is 1. The van der Waals surface area contributed by atoms with E-state index in [9.17, 15) is 10.1 Å². The van der Waals surface area contributed by atoms with Crippen LogP contribution in [0.25, 0.3) is 0 Å². The number of hydrogen-bond donors (Lipinski definition) is 0. The first-order valence-electron chi connectivity index (χ1n) is 8.83. The lowest BCUT2D eigenvalue weighted by Crippen LogP contribution is -2.47. The van der Waals surface area contributed by atoms with Crippen LogP contribution < -0.4 is 9.64 Å². The first kappa shape index (κ1) is 18.9. The number of benzene rings is 2. The zero-order valence-electron chi connectivity index (χ0n) is 15.3. The number of methoxy groups -OCH3 is 1. The van der Waals surface area contributed by atoms with Crippen molar-refractivity contribution < 1.29 is 9.53 Å². The molecule has 2 aromatic rings. The number of nitriles is 1. The molecule has 2 aliphatic heterocycles. The van der Waals surface area contributed by atoms with E-state index in [1.807, 2.05) is 48.5 Å². The van der Waals surface area contributed by atoms with Crippen molar-refractivity contribution in [3.63, 3.8) is 0 Å². The smallest absolute Gasteiger partial charge is 0.229 e. The fourth-order valence-corrected chi connectivity index (χ4v) is 5.03. The van der Waals surface area contributed by atoms with Gasteiger partial charge in [-0.3, -0.25) is 9.69 Å². The van der Waals surface area contributed by atoms with Gasteiger partial charge in [0, 0.05) is 28.1 Å². The minimum atomic E-state index is -0.272. The SMILES string of the molecule is COc1ccccc1C1CC(=O)N2CN(c3ccc(Br)cc3)CSC2=C1C#N. The highest BCUT2D eigenvalue weighted by atomic mass is 79.9. The number of nitrogens with zero attached hydrogens (tertiary/aromatic N) is 3. The second-order valence-corrected chi connectivity index (χ2v) is 8.43. The summed E-state index contributed by atoms with van der Waals surface area (Å²) in [5.74, 6) is 1.15. The molecule has 0 aromatic heterocycles. The topological polar surface area (TPSA) is 56.6 Å². The molecule has 142 valence electrons. The molecule has 0 N–H and O–H groups in total. The average Bonchev–Trinajstić information content (AvgIpc) is 2.74. The van der Waals surface area contributed by atoms with Gasteiger partial charge in [0.25, 0.3) is 0 Å². The standard InChI is InChI=1S/C21H18BrN3O2S/c1-27-19-5-3-2-4-16(19)17-10-20(26)25-12-24(13-28-21(25)18(17)11-23)15-8-6-14(22)7-9-15/h2-9,17H,10,12-13H2,1H3. The number of anilines is 1. The zero-order chi connectivity index (χ0) is 19.7. The highest BCUT2D eigenvalue weighted by molar-refractivity contribution is 9.10. The summed E-state index contributed by atoms with van der Waals surface area (Å²) in [6, 6.07) is 18.0. The molecule has 5 nitrogen and oxygen atoms in total. The molecule has 2 aromatic carbocycles. The Morgan fingerprint density at radius 3 is 2.68 bits per heavy atom. The molecule has 1 atom stereocenters. The van der Waals surface area contributed by atoms with Crippen molar-refractivity contribution >= 4 is 39.3 Å². The monoisotopic (exact) mass is 455 g/mol. The molecule has 1 fully saturated rings. The Hall–Kier alpha value is -2.43. The Morgan fingerprint density at radius 1 is 1.21 bits per heavy atom. The van der Waals surface area contributed by atoms with Crippen LogP contribution in [-0.2, 0) is 4.79 Å². The van der Waals surface area contributed by atoms with Crippen molar-refractivity contribution in [2.75, 3.05) is 24.6 Å². The van der Waals surface area contributed by atoms with Crippen molar-refractivity contribution in [2.24, 2.45) is 0 Å². The van der Waals surface area contributed by atoms with Crippen molar-refractivity contribution in [1.29, 1.82) is 5.26 Å². The number of allylic oxidation sites excluding steroid dienone is 1. The van der Waals surface area contributed by atoms with Gasteiger partial charge in [0.1, 0.15) is 5.75 Å². The van der Waals surface area contributed by atoms with Crippen LogP contribution >= 0.6 is 27.7 Å². The summed E-state index contributed by atoms with van der Waals surface area (Å²) in [5.41, 5.74) is 2.58.